The molecule has 2 saturated carbocycles. The predicted molar refractivity (Wildman–Crippen MR) is 80.8 cm³/mol. The fourth-order valence-electron chi connectivity index (χ4n) is 2.19. The van der Waals surface area contributed by atoms with Gasteiger partial charge in [0.05, 0.1) is 0 Å². The summed E-state index contributed by atoms with van der Waals surface area (Å²) in [5.41, 5.74) is 3.50. The van der Waals surface area contributed by atoms with E-state index in [1.165, 1.54) is 0 Å². The van der Waals surface area contributed by atoms with Gasteiger partial charge in [-0.25, -0.2) is 15.8 Å². The summed E-state index contributed by atoms with van der Waals surface area (Å²) < 4.78 is 0. The first-order valence-corrected chi connectivity index (χ1v) is 7.55. The molecule has 0 aromatic carbocycles. The second-order valence-corrected chi connectivity index (χ2v) is 5.84. The molecule has 3 rings (SSSR count). The lowest BCUT2D eigenvalue weighted by atomic mass is 10.2. The van der Waals surface area contributed by atoms with Gasteiger partial charge in [-0.15, -0.1) is 0 Å². The molecule has 5 N–H and O–H groups in total. The van der Waals surface area contributed by atoms with Crippen molar-refractivity contribution in [3.63, 3.8) is 0 Å². The number of carbonyl (C=O) groups is 1. The van der Waals surface area contributed by atoms with E-state index in [2.05, 4.69) is 26.0 Å². The lowest BCUT2D eigenvalue weighted by Crippen LogP contribution is -2.27. The van der Waals surface area contributed by atoms with Crippen molar-refractivity contribution in [2.24, 2.45) is 5.84 Å². The molecular weight excluding hydrogens is 268 g/mol. The Morgan fingerprint density at radius 1 is 1.24 bits per heavy atom. The maximum atomic E-state index is 11.7. The molecule has 1 aromatic rings. The maximum Gasteiger partial charge on any atom is 0.221 e. The van der Waals surface area contributed by atoms with Gasteiger partial charge < -0.3 is 16.1 Å². The number of amides is 1. The molecule has 0 radical (unpaired) electrons. The Morgan fingerprint density at radius 3 is 2.57 bits per heavy atom. The highest BCUT2D eigenvalue weighted by molar-refractivity contribution is 5.77. The summed E-state index contributed by atoms with van der Waals surface area (Å²) in [6, 6.07) is 0.410. The van der Waals surface area contributed by atoms with Crippen LogP contribution in [0.15, 0.2) is 0 Å². The molecule has 0 spiro atoms. The molecule has 0 bridgehead atoms. The summed E-state index contributed by atoms with van der Waals surface area (Å²) in [6.07, 6.45) is 4.94. The quantitative estimate of drug-likeness (QED) is 0.441. The Balaban J connectivity index is 1.60. The van der Waals surface area contributed by atoms with Crippen molar-refractivity contribution in [1.29, 1.82) is 0 Å². The average molecular weight is 290 g/mol. The number of carbonyl (C=O) groups excluding carboxylic acids is 1. The van der Waals surface area contributed by atoms with Gasteiger partial charge in [-0.05, 0) is 32.6 Å². The SMILES string of the molecule is Cc1c(NN)nc(C2CC2)nc1NCCC(=O)NC1CC1. The molecular formula is C14H22N6O. The molecule has 7 heteroatoms. The first kappa shape index (κ1) is 14.1. The zero-order valence-electron chi connectivity index (χ0n) is 12.3. The fourth-order valence-corrected chi connectivity index (χ4v) is 2.19. The monoisotopic (exact) mass is 290 g/mol. The zero-order chi connectivity index (χ0) is 14.8. The highest BCUT2D eigenvalue weighted by Crippen LogP contribution is 2.39. The number of nitrogen functional groups attached to an aromatic ring is 1. The molecule has 21 heavy (non-hydrogen) atoms. The van der Waals surface area contributed by atoms with E-state index in [-0.39, 0.29) is 5.91 Å². The van der Waals surface area contributed by atoms with Crippen LogP contribution < -0.4 is 21.9 Å². The normalized spacial score (nSPS) is 17.4. The third-order valence-electron chi connectivity index (χ3n) is 3.83. The van der Waals surface area contributed by atoms with Crippen LogP contribution in [-0.2, 0) is 4.79 Å². The number of nitrogens with zero attached hydrogens (tertiary/aromatic N) is 2. The second-order valence-electron chi connectivity index (χ2n) is 5.84. The Kier molecular flexibility index (Phi) is 3.92. The first-order chi connectivity index (χ1) is 10.2. The maximum absolute atomic E-state index is 11.7. The first-order valence-electron chi connectivity index (χ1n) is 7.55. The van der Waals surface area contributed by atoms with Crippen LogP contribution in [0.5, 0.6) is 0 Å². The summed E-state index contributed by atoms with van der Waals surface area (Å²) in [7, 11) is 0. The number of anilines is 2. The van der Waals surface area contributed by atoms with Gasteiger partial charge >= 0.3 is 0 Å². The third-order valence-corrected chi connectivity index (χ3v) is 3.83. The summed E-state index contributed by atoms with van der Waals surface area (Å²) in [6.45, 7) is 2.48. The van der Waals surface area contributed by atoms with Gasteiger partial charge in [0, 0.05) is 30.5 Å². The van der Waals surface area contributed by atoms with Gasteiger partial charge in [-0.3, -0.25) is 4.79 Å². The minimum Gasteiger partial charge on any atom is -0.369 e. The van der Waals surface area contributed by atoms with Gasteiger partial charge in [0.2, 0.25) is 5.91 Å². The molecule has 7 nitrogen and oxygen atoms in total. The summed E-state index contributed by atoms with van der Waals surface area (Å²) in [5, 5.41) is 6.20. The van der Waals surface area contributed by atoms with E-state index < -0.39 is 0 Å². The molecule has 0 aliphatic heterocycles. The van der Waals surface area contributed by atoms with Crippen LogP contribution in [0.1, 0.15) is 49.4 Å². The van der Waals surface area contributed by atoms with Gasteiger partial charge in [0.1, 0.15) is 17.5 Å². The topological polar surface area (TPSA) is 105 Å². The lowest BCUT2D eigenvalue weighted by Gasteiger charge is -2.13. The lowest BCUT2D eigenvalue weighted by molar-refractivity contribution is -0.120. The second kappa shape index (κ2) is 5.85. The van der Waals surface area contributed by atoms with Crippen molar-refractivity contribution in [3.05, 3.63) is 11.4 Å². The zero-order valence-corrected chi connectivity index (χ0v) is 12.3. The summed E-state index contributed by atoms with van der Waals surface area (Å²) in [5.74, 6) is 8.31. The van der Waals surface area contributed by atoms with Crippen molar-refractivity contribution in [2.75, 3.05) is 17.3 Å². The molecule has 0 saturated heterocycles. The van der Waals surface area contributed by atoms with Crippen LogP contribution in [0.4, 0.5) is 11.6 Å². The molecule has 0 unspecified atom stereocenters. The number of rotatable bonds is 7. The molecule has 2 fully saturated rings. The number of hydrogen-bond acceptors (Lipinski definition) is 6. The highest BCUT2D eigenvalue weighted by Gasteiger charge is 2.28. The van der Waals surface area contributed by atoms with Gasteiger partial charge in [0.15, 0.2) is 0 Å². The predicted octanol–water partition coefficient (Wildman–Crippen LogP) is 1.03. The number of nitrogens with one attached hydrogen (secondary N) is 3. The average Bonchev–Trinajstić information content (AvgIpc) is 3.34. The minimum atomic E-state index is 0.0938. The van der Waals surface area contributed by atoms with E-state index in [1.807, 2.05) is 6.92 Å². The van der Waals surface area contributed by atoms with Crippen LogP contribution in [0.3, 0.4) is 0 Å². The molecule has 1 aromatic heterocycles. The Bertz CT molecular complexity index is 539. The molecule has 114 valence electrons. The highest BCUT2D eigenvalue weighted by atomic mass is 16.1. The van der Waals surface area contributed by atoms with Crippen molar-refractivity contribution in [3.8, 4) is 0 Å². The van der Waals surface area contributed by atoms with Crippen LogP contribution in [0.25, 0.3) is 0 Å². The summed E-state index contributed by atoms with van der Waals surface area (Å²) >= 11 is 0. The van der Waals surface area contributed by atoms with Gasteiger partial charge in [-0.2, -0.15) is 0 Å². The van der Waals surface area contributed by atoms with Crippen LogP contribution in [0, 0.1) is 6.92 Å². The molecule has 1 heterocycles. The van der Waals surface area contributed by atoms with E-state index in [9.17, 15) is 4.79 Å². The third kappa shape index (κ3) is 3.60. The van der Waals surface area contributed by atoms with E-state index in [0.29, 0.717) is 30.7 Å². The Hall–Kier alpha value is -1.89. The van der Waals surface area contributed by atoms with E-state index in [4.69, 9.17) is 5.84 Å². The number of hydrazine groups is 1. The minimum absolute atomic E-state index is 0.0938. The van der Waals surface area contributed by atoms with Gasteiger partial charge in [0.25, 0.3) is 0 Å². The number of hydrogen-bond donors (Lipinski definition) is 4. The Labute approximate surface area is 124 Å². The molecule has 1 amide bonds. The number of aromatic nitrogens is 2. The van der Waals surface area contributed by atoms with Crippen molar-refractivity contribution in [2.45, 2.75) is 51.0 Å². The van der Waals surface area contributed by atoms with Crippen LogP contribution in [0.2, 0.25) is 0 Å². The van der Waals surface area contributed by atoms with E-state index >= 15 is 0 Å². The van der Waals surface area contributed by atoms with E-state index in [1.54, 1.807) is 0 Å². The van der Waals surface area contributed by atoms with Crippen molar-refractivity contribution < 1.29 is 4.79 Å². The summed E-state index contributed by atoms with van der Waals surface area (Å²) in [4.78, 5) is 20.7. The van der Waals surface area contributed by atoms with Crippen LogP contribution in [-0.4, -0.2) is 28.5 Å². The number of nitrogens with two attached hydrogens (primary N) is 1. The van der Waals surface area contributed by atoms with Gasteiger partial charge in [-0.1, -0.05) is 0 Å². The van der Waals surface area contributed by atoms with E-state index in [0.717, 1.165) is 42.9 Å². The standard InChI is InChI=1S/C14H22N6O/c1-8-12(16-7-6-11(21)17-10-4-5-10)18-14(9-2-3-9)19-13(8)20-15/h9-10H,2-7,15H2,1H3,(H,17,21)(H2,16,18,19,20). The molecule has 2 aliphatic carbocycles. The molecule has 0 atom stereocenters. The largest absolute Gasteiger partial charge is 0.369 e. The smallest absolute Gasteiger partial charge is 0.221 e. The Morgan fingerprint density at radius 2 is 1.95 bits per heavy atom. The molecule has 2 aliphatic rings. The van der Waals surface area contributed by atoms with Crippen molar-refractivity contribution in [1.82, 2.24) is 15.3 Å². The van der Waals surface area contributed by atoms with Crippen LogP contribution >= 0.6 is 0 Å². The fraction of sp³-hybridized carbons (Fsp3) is 0.643. The van der Waals surface area contributed by atoms with Crippen molar-refractivity contribution >= 4 is 17.5 Å².